The summed E-state index contributed by atoms with van der Waals surface area (Å²) in [6.45, 7) is 0. The maximum absolute atomic E-state index is 12.0. The monoisotopic (exact) mass is 324 g/mol. The van der Waals surface area contributed by atoms with Crippen molar-refractivity contribution in [3.05, 3.63) is 21.9 Å². The summed E-state index contributed by atoms with van der Waals surface area (Å²) in [5, 5.41) is 12.0. The van der Waals surface area contributed by atoms with Crippen LogP contribution in [0.4, 0.5) is 0 Å². The molecule has 0 aliphatic carbocycles. The molecule has 0 saturated heterocycles. The normalized spacial score (nSPS) is 12.2. The van der Waals surface area contributed by atoms with E-state index in [9.17, 15) is 9.59 Å². The highest BCUT2D eigenvalue weighted by Gasteiger charge is 2.23. The van der Waals surface area contributed by atoms with E-state index in [0.29, 0.717) is 12.2 Å². The highest BCUT2D eigenvalue weighted by atomic mass is 35.5. The number of nitrogens with zero attached hydrogens (tertiary/aromatic N) is 1. The van der Waals surface area contributed by atoms with Crippen LogP contribution in [0.3, 0.4) is 0 Å². The molecule has 19 heavy (non-hydrogen) atoms. The van der Waals surface area contributed by atoms with E-state index >= 15 is 0 Å². The summed E-state index contributed by atoms with van der Waals surface area (Å²) >= 11 is 13.2. The van der Waals surface area contributed by atoms with Crippen LogP contribution >= 0.6 is 35.0 Å². The molecule has 1 rings (SSSR count). The van der Waals surface area contributed by atoms with Gasteiger partial charge in [0.25, 0.3) is 5.91 Å². The summed E-state index contributed by atoms with van der Waals surface area (Å²) < 4.78 is 1.41. The number of nitrogens with one attached hydrogen (secondary N) is 1. The lowest BCUT2D eigenvalue weighted by Crippen LogP contribution is -2.41. The van der Waals surface area contributed by atoms with Gasteiger partial charge in [-0.1, -0.05) is 23.2 Å². The molecule has 0 fully saturated rings. The van der Waals surface area contributed by atoms with Gasteiger partial charge in [-0.3, -0.25) is 4.79 Å². The quantitative estimate of drug-likeness (QED) is 0.842. The third-order valence-corrected chi connectivity index (χ3v) is 4.05. The summed E-state index contributed by atoms with van der Waals surface area (Å²) in [6, 6.07) is 0.486. The number of carbonyl (C=O) groups is 2. The van der Waals surface area contributed by atoms with Crippen molar-refractivity contribution in [2.45, 2.75) is 12.5 Å². The minimum atomic E-state index is -1.06. The minimum absolute atomic E-state index is 0.227. The number of rotatable bonds is 6. The fourth-order valence-corrected chi connectivity index (χ4v) is 2.33. The molecule has 0 aromatic carbocycles. The van der Waals surface area contributed by atoms with E-state index in [1.165, 1.54) is 22.4 Å². The largest absolute Gasteiger partial charge is 0.480 e. The van der Waals surface area contributed by atoms with Gasteiger partial charge >= 0.3 is 5.97 Å². The van der Waals surface area contributed by atoms with Crippen LogP contribution in [-0.2, 0) is 11.8 Å². The Hall–Kier alpha value is -0.850. The number of hydrogen-bond donors (Lipinski definition) is 2. The van der Waals surface area contributed by atoms with Crippen LogP contribution in [0.15, 0.2) is 6.07 Å². The van der Waals surface area contributed by atoms with E-state index in [4.69, 9.17) is 28.3 Å². The van der Waals surface area contributed by atoms with E-state index < -0.39 is 17.9 Å². The van der Waals surface area contributed by atoms with Gasteiger partial charge < -0.3 is 15.0 Å². The van der Waals surface area contributed by atoms with Gasteiger partial charge in [0.1, 0.15) is 16.9 Å². The van der Waals surface area contributed by atoms with E-state index in [2.05, 4.69) is 5.32 Å². The Kier molecular flexibility index (Phi) is 6.03. The first kappa shape index (κ1) is 16.2. The highest BCUT2D eigenvalue weighted by molar-refractivity contribution is 7.98. The van der Waals surface area contributed by atoms with Crippen molar-refractivity contribution in [2.75, 3.05) is 12.0 Å². The Labute approximate surface area is 125 Å². The number of halogens is 2. The molecule has 2 N–H and O–H groups in total. The molecule has 0 radical (unpaired) electrons. The SMILES string of the molecule is CSCC[C@@H](NC(=O)c1cc(Cl)c(Cl)n1C)C(=O)O. The Morgan fingerprint density at radius 1 is 1.53 bits per heavy atom. The molecule has 0 spiro atoms. The predicted octanol–water partition coefficient (Wildman–Crippen LogP) is 2.27. The Morgan fingerprint density at radius 2 is 2.16 bits per heavy atom. The van der Waals surface area contributed by atoms with Gasteiger partial charge in [-0.2, -0.15) is 11.8 Å². The fraction of sp³-hybridized carbons (Fsp3) is 0.455. The summed E-state index contributed by atoms with van der Waals surface area (Å²) in [5.41, 5.74) is 0.227. The Balaban J connectivity index is 2.81. The molecule has 0 bridgehead atoms. The maximum atomic E-state index is 12.0. The van der Waals surface area contributed by atoms with E-state index in [1.54, 1.807) is 7.05 Å². The molecular weight excluding hydrogens is 311 g/mol. The van der Waals surface area contributed by atoms with Gasteiger partial charge in [0, 0.05) is 7.05 Å². The smallest absolute Gasteiger partial charge is 0.326 e. The zero-order chi connectivity index (χ0) is 14.6. The van der Waals surface area contributed by atoms with Crippen molar-refractivity contribution in [3.63, 3.8) is 0 Å². The molecule has 1 aromatic rings. The number of thioether (sulfide) groups is 1. The standard InChI is InChI=1S/C11H14Cl2N2O3S/c1-15-8(5-6(12)9(15)13)10(16)14-7(11(17)18)3-4-19-2/h5,7H,3-4H2,1-2H3,(H,14,16)(H,17,18)/t7-/m1/s1. The molecule has 1 atom stereocenters. The van der Waals surface area contributed by atoms with Crippen molar-refractivity contribution in [3.8, 4) is 0 Å². The number of aliphatic carboxylic acids is 1. The molecule has 1 aromatic heterocycles. The predicted molar refractivity (Wildman–Crippen MR) is 77.3 cm³/mol. The highest BCUT2D eigenvalue weighted by Crippen LogP contribution is 2.25. The number of carbonyl (C=O) groups excluding carboxylic acids is 1. The van der Waals surface area contributed by atoms with Crippen molar-refractivity contribution < 1.29 is 14.7 Å². The molecule has 0 aliphatic rings. The van der Waals surface area contributed by atoms with E-state index in [-0.39, 0.29) is 15.9 Å². The van der Waals surface area contributed by atoms with Crippen molar-refractivity contribution in [2.24, 2.45) is 7.05 Å². The lowest BCUT2D eigenvalue weighted by atomic mass is 10.2. The van der Waals surface area contributed by atoms with Crippen LogP contribution in [-0.4, -0.2) is 39.6 Å². The molecule has 8 heteroatoms. The second kappa shape index (κ2) is 7.07. The summed E-state index contributed by atoms with van der Waals surface area (Å²) in [6.07, 6.45) is 2.23. The zero-order valence-electron chi connectivity index (χ0n) is 10.4. The molecule has 0 saturated carbocycles. The first-order valence-electron chi connectivity index (χ1n) is 5.41. The molecular formula is C11H14Cl2N2O3S. The topological polar surface area (TPSA) is 71.3 Å². The van der Waals surface area contributed by atoms with Gasteiger partial charge in [0.2, 0.25) is 0 Å². The van der Waals surface area contributed by atoms with Crippen LogP contribution in [0.2, 0.25) is 10.2 Å². The Bertz CT molecular complexity index is 491. The van der Waals surface area contributed by atoms with Crippen LogP contribution < -0.4 is 5.32 Å². The number of hydrogen-bond acceptors (Lipinski definition) is 3. The van der Waals surface area contributed by atoms with E-state index in [1.807, 2.05) is 6.26 Å². The van der Waals surface area contributed by atoms with Gasteiger partial charge in [-0.15, -0.1) is 0 Å². The average Bonchev–Trinajstić information content (AvgIpc) is 2.61. The lowest BCUT2D eigenvalue weighted by molar-refractivity contribution is -0.139. The van der Waals surface area contributed by atoms with Crippen LogP contribution in [0.1, 0.15) is 16.9 Å². The Morgan fingerprint density at radius 3 is 2.58 bits per heavy atom. The van der Waals surface area contributed by atoms with Crippen molar-refractivity contribution in [1.29, 1.82) is 0 Å². The minimum Gasteiger partial charge on any atom is -0.480 e. The van der Waals surface area contributed by atoms with Crippen molar-refractivity contribution >= 4 is 46.8 Å². The van der Waals surface area contributed by atoms with Gasteiger partial charge in [-0.25, -0.2) is 4.79 Å². The lowest BCUT2D eigenvalue weighted by Gasteiger charge is -2.14. The molecule has 0 aliphatic heterocycles. The van der Waals surface area contributed by atoms with Crippen molar-refractivity contribution in [1.82, 2.24) is 9.88 Å². The third-order valence-electron chi connectivity index (χ3n) is 2.56. The third kappa shape index (κ3) is 4.06. The molecule has 0 unspecified atom stereocenters. The average molecular weight is 325 g/mol. The molecule has 106 valence electrons. The number of amides is 1. The fourth-order valence-electron chi connectivity index (χ4n) is 1.49. The van der Waals surface area contributed by atoms with Crippen LogP contribution in [0.25, 0.3) is 0 Å². The van der Waals surface area contributed by atoms with E-state index in [0.717, 1.165) is 0 Å². The summed E-state index contributed by atoms with van der Waals surface area (Å²) in [7, 11) is 1.58. The molecule has 5 nitrogen and oxygen atoms in total. The van der Waals surface area contributed by atoms with Gasteiger partial charge in [0.05, 0.1) is 5.02 Å². The first-order valence-corrected chi connectivity index (χ1v) is 7.56. The molecule has 1 amide bonds. The summed E-state index contributed by atoms with van der Waals surface area (Å²) in [5.74, 6) is -0.926. The van der Waals surface area contributed by atoms with Crippen LogP contribution in [0, 0.1) is 0 Å². The number of aromatic nitrogens is 1. The molecule has 1 heterocycles. The number of carboxylic acid groups (broad SMARTS) is 1. The van der Waals surface area contributed by atoms with Gasteiger partial charge in [-0.05, 0) is 24.5 Å². The first-order chi connectivity index (χ1) is 8.88. The second-order valence-electron chi connectivity index (χ2n) is 3.87. The summed E-state index contributed by atoms with van der Waals surface area (Å²) in [4.78, 5) is 23.0. The second-order valence-corrected chi connectivity index (χ2v) is 5.62. The van der Waals surface area contributed by atoms with Gasteiger partial charge in [0.15, 0.2) is 0 Å². The van der Waals surface area contributed by atoms with Crippen LogP contribution in [0.5, 0.6) is 0 Å². The maximum Gasteiger partial charge on any atom is 0.326 e. The zero-order valence-corrected chi connectivity index (χ0v) is 12.8. The number of carboxylic acids is 1.